The molecule has 0 saturated heterocycles. The van der Waals surface area contributed by atoms with Gasteiger partial charge in [0.2, 0.25) is 0 Å². The van der Waals surface area contributed by atoms with Crippen LogP contribution in [0.15, 0.2) is 0 Å². The van der Waals surface area contributed by atoms with Gasteiger partial charge < -0.3 is 25.3 Å². The fourth-order valence-electron chi connectivity index (χ4n) is 8.26. The van der Waals surface area contributed by atoms with Crippen molar-refractivity contribution in [1.29, 1.82) is 0 Å². The lowest BCUT2D eigenvalue weighted by atomic mass is 9.88. The van der Waals surface area contributed by atoms with Gasteiger partial charge in [-0.25, -0.2) is 0 Å². The van der Waals surface area contributed by atoms with E-state index in [1.54, 1.807) is 0 Å². The van der Waals surface area contributed by atoms with Crippen molar-refractivity contribution in [2.75, 3.05) is 72.5 Å². The largest absolute Gasteiger partial charge is 0.314 e. The van der Waals surface area contributed by atoms with Gasteiger partial charge in [0, 0.05) is 38.3 Å². The first-order valence-corrected chi connectivity index (χ1v) is 26.4. The maximum absolute atomic E-state index is 3.66. The third-order valence-electron chi connectivity index (χ3n) is 11.4. The molecule has 2 N–H and O–H groups in total. The number of nitrogens with one attached hydrogen (secondary N) is 2. The summed E-state index contributed by atoms with van der Waals surface area (Å²) >= 11 is 0. The Balaban J connectivity index is -0.000000339. The van der Waals surface area contributed by atoms with Gasteiger partial charge in [-0.1, -0.05) is 191 Å². The Hall–Kier alpha value is -0.200. The van der Waals surface area contributed by atoms with Gasteiger partial charge in [-0.05, 0) is 144 Å². The second kappa shape index (κ2) is 36.9. The first-order valence-electron chi connectivity index (χ1n) is 26.4. The Labute approximate surface area is 397 Å². The van der Waals surface area contributed by atoms with Crippen LogP contribution >= 0.6 is 0 Å². The first-order chi connectivity index (χ1) is 27.8. The molecular weight excluding hydrogens is 755 g/mol. The monoisotopic (exact) mass is 882 g/mol. The average molecular weight is 883 g/mol. The van der Waals surface area contributed by atoms with E-state index in [1.807, 2.05) is 0 Å². The van der Waals surface area contributed by atoms with Gasteiger partial charge in [0.05, 0.1) is 0 Å². The molecule has 62 heavy (non-hydrogen) atoms. The van der Waals surface area contributed by atoms with Crippen LogP contribution in [0.25, 0.3) is 0 Å². The zero-order chi connectivity index (χ0) is 47.9. The number of nitrogens with zero attached hydrogens (tertiary/aromatic N) is 3. The molecule has 0 aromatic heterocycles. The third-order valence-corrected chi connectivity index (χ3v) is 11.4. The first kappa shape index (κ1) is 68.4. The molecule has 0 bridgehead atoms. The van der Waals surface area contributed by atoms with E-state index in [1.165, 1.54) is 142 Å². The lowest BCUT2D eigenvalue weighted by Gasteiger charge is -2.30. The molecule has 0 radical (unpaired) electrons. The van der Waals surface area contributed by atoms with Crippen molar-refractivity contribution in [2.45, 2.75) is 262 Å². The number of hydrogen-bond acceptors (Lipinski definition) is 5. The van der Waals surface area contributed by atoms with Crippen molar-refractivity contribution < 1.29 is 0 Å². The minimum atomic E-state index is 0. The van der Waals surface area contributed by atoms with Gasteiger partial charge in [0.15, 0.2) is 0 Å². The van der Waals surface area contributed by atoms with Crippen LogP contribution in [0, 0.1) is 38.9 Å². The SMILES string of the molecule is C.CC(C)(C)CNC1CCCCC1.CC(C)CNC(C)CC(C)(C)C.CCCCN(C)CCCC(C)(C)C.CCN(CC)CC(C)(C)C.CCN(CC1CCCC1)CC(C)(C)C. The molecule has 0 aromatic carbocycles. The topological polar surface area (TPSA) is 33.8 Å². The van der Waals surface area contributed by atoms with Gasteiger partial charge in [0.25, 0.3) is 0 Å². The van der Waals surface area contributed by atoms with Crippen molar-refractivity contribution in [3.63, 3.8) is 0 Å². The summed E-state index contributed by atoms with van der Waals surface area (Å²) in [5, 5.41) is 7.20. The highest BCUT2D eigenvalue weighted by molar-refractivity contribution is 4.76. The molecule has 0 amide bonds. The van der Waals surface area contributed by atoms with Crippen molar-refractivity contribution in [1.82, 2.24) is 25.3 Å². The van der Waals surface area contributed by atoms with Crippen LogP contribution < -0.4 is 10.6 Å². The minimum Gasteiger partial charge on any atom is -0.314 e. The maximum Gasteiger partial charge on any atom is 0.00672 e. The van der Waals surface area contributed by atoms with Crippen LogP contribution in [0.3, 0.4) is 0 Å². The van der Waals surface area contributed by atoms with Gasteiger partial charge in [-0.15, -0.1) is 0 Å². The molecule has 2 aliphatic carbocycles. The molecule has 380 valence electrons. The average Bonchev–Trinajstić information content (AvgIpc) is 3.63. The number of hydrogen-bond donors (Lipinski definition) is 2. The molecule has 1 atom stereocenters. The summed E-state index contributed by atoms with van der Waals surface area (Å²) in [5.41, 5.74) is 2.30. The van der Waals surface area contributed by atoms with Gasteiger partial charge in [0.1, 0.15) is 0 Å². The van der Waals surface area contributed by atoms with Crippen LogP contribution in [-0.4, -0.2) is 99.3 Å². The smallest absolute Gasteiger partial charge is 0.00672 e. The van der Waals surface area contributed by atoms with Gasteiger partial charge in [-0.3, -0.25) is 0 Å². The Morgan fingerprint density at radius 3 is 1.37 bits per heavy atom. The zero-order valence-corrected chi connectivity index (χ0v) is 47.1. The Morgan fingerprint density at radius 1 is 0.548 bits per heavy atom. The van der Waals surface area contributed by atoms with Crippen LogP contribution in [0.2, 0.25) is 0 Å². The highest BCUT2D eigenvalue weighted by Gasteiger charge is 2.21. The predicted octanol–water partition coefficient (Wildman–Crippen LogP) is 16.1. The second-order valence-corrected chi connectivity index (χ2v) is 26.1. The van der Waals surface area contributed by atoms with E-state index < -0.39 is 0 Å². The molecule has 1 unspecified atom stereocenters. The summed E-state index contributed by atoms with van der Waals surface area (Å²) in [5.74, 6) is 1.75. The number of rotatable bonds is 19. The van der Waals surface area contributed by atoms with E-state index in [9.17, 15) is 0 Å². The molecular formula is C57H127N5. The maximum atomic E-state index is 3.66. The van der Waals surface area contributed by atoms with Gasteiger partial charge in [-0.2, -0.15) is 0 Å². The Bertz CT molecular complexity index is 925. The second-order valence-electron chi connectivity index (χ2n) is 26.1. The van der Waals surface area contributed by atoms with E-state index in [-0.39, 0.29) is 7.43 Å². The zero-order valence-electron chi connectivity index (χ0n) is 47.1. The normalized spacial score (nSPS) is 16.1. The standard InChI is InChI=1S/C13H27N.C12H27N.C11H23N.C11H25N.C9H21N.CH4/c1-5-14(11-13(2,3)4)10-12-8-6-7-9-12;1-6-7-10-13(5)11-8-9-12(2,3)4;1-11(2,3)9-12-10-7-5-4-6-8-10;1-9(2)8-12-10(3)7-11(4,5)6;1-6-10(7-2)8-9(3,4)5;/h12H,5-11H2,1-4H3;6-11H2,1-5H3;10,12H,4-9H2,1-3H3;9-10,12H,7-8H2,1-6H3;6-8H2,1-5H3;1H4. The van der Waals surface area contributed by atoms with Crippen LogP contribution in [-0.2, 0) is 0 Å². The van der Waals surface area contributed by atoms with E-state index in [0.29, 0.717) is 33.1 Å². The predicted molar refractivity (Wildman–Crippen MR) is 289 cm³/mol. The van der Waals surface area contributed by atoms with Gasteiger partial charge >= 0.3 is 0 Å². The molecule has 5 nitrogen and oxygen atoms in total. The summed E-state index contributed by atoms with van der Waals surface area (Å²) < 4.78 is 0. The summed E-state index contributed by atoms with van der Waals surface area (Å²) in [6.07, 6.45) is 19.6. The molecule has 0 aliphatic heterocycles. The quantitative estimate of drug-likeness (QED) is 0.135. The summed E-state index contributed by atoms with van der Waals surface area (Å²) in [6.45, 7) is 62.5. The van der Waals surface area contributed by atoms with Crippen molar-refractivity contribution >= 4 is 0 Å². The van der Waals surface area contributed by atoms with Crippen molar-refractivity contribution in [2.24, 2.45) is 38.9 Å². The van der Waals surface area contributed by atoms with E-state index in [0.717, 1.165) is 31.0 Å². The third kappa shape index (κ3) is 54.1. The Morgan fingerprint density at radius 2 is 1.00 bits per heavy atom. The number of unbranched alkanes of at least 4 members (excludes halogenated alkanes) is 1. The van der Waals surface area contributed by atoms with Crippen molar-refractivity contribution in [3.05, 3.63) is 0 Å². The molecule has 0 heterocycles. The van der Waals surface area contributed by atoms with E-state index >= 15 is 0 Å². The van der Waals surface area contributed by atoms with Crippen molar-refractivity contribution in [3.8, 4) is 0 Å². The van der Waals surface area contributed by atoms with Crippen LogP contribution in [0.1, 0.15) is 250 Å². The fourth-order valence-corrected chi connectivity index (χ4v) is 8.26. The lowest BCUT2D eigenvalue weighted by molar-refractivity contribution is 0.174. The summed E-state index contributed by atoms with van der Waals surface area (Å²) in [7, 11) is 2.23. The fraction of sp³-hybridized carbons (Fsp3) is 1.00. The molecule has 0 aromatic rings. The lowest BCUT2D eigenvalue weighted by Crippen LogP contribution is -2.36. The summed E-state index contributed by atoms with van der Waals surface area (Å²) in [6, 6.07) is 1.46. The highest BCUT2D eigenvalue weighted by Crippen LogP contribution is 2.27. The molecule has 5 heteroatoms. The minimum absolute atomic E-state index is 0. The molecule has 0 spiro atoms. The Kier molecular flexibility index (Phi) is 40.7. The van der Waals surface area contributed by atoms with E-state index in [4.69, 9.17) is 0 Å². The summed E-state index contributed by atoms with van der Waals surface area (Å²) in [4.78, 5) is 7.55. The van der Waals surface area contributed by atoms with Crippen LogP contribution in [0.4, 0.5) is 0 Å². The molecule has 2 aliphatic rings. The molecule has 2 rings (SSSR count). The van der Waals surface area contributed by atoms with E-state index in [2.05, 4.69) is 185 Å². The highest BCUT2D eigenvalue weighted by atomic mass is 15.1. The molecule has 2 saturated carbocycles. The molecule has 2 fully saturated rings. The van der Waals surface area contributed by atoms with Crippen LogP contribution in [0.5, 0.6) is 0 Å².